The summed E-state index contributed by atoms with van der Waals surface area (Å²) in [5.41, 5.74) is 3.11. The Morgan fingerprint density at radius 3 is 2.14 bits per heavy atom. The number of nitrogens with zero attached hydrogens (tertiary/aromatic N) is 1. The van der Waals surface area contributed by atoms with Gasteiger partial charge in [-0.2, -0.15) is 0 Å². The number of hydrogen-bond acceptors (Lipinski definition) is 4. The van der Waals surface area contributed by atoms with Gasteiger partial charge in [0.05, 0.1) is 6.10 Å². The largest absolute Gasteiger partial charge is 0.444 e. The number of aliphatic hydroxyl groups excluding tert-OH is 1. The van der Waals surface area contributed by atoms with E-state index in [4.69, 9.17) is 10.5 Å². The molecule has 1 heterocycles. The van der Waals surface area contributed by atoms with Gasteiger partial charge in [0, 0.05) is 13.0 Å². The number of rotatable bonds is 1. The number of piperidine rings is 1. The van der Waals surface area contributed by atoms with Crippen molar-refractivity contribution in [1.29, 1.82) is 0 Å². The molecule has 0 aliphatic carbocycles. The smallest absolute Gasteiger partial charge is 0.411 e. The Labute approximate surface area is 126 Å². The summed E-state index contributed by atoms with van der Waals surface area (Å²) in [6, 6.07) is 0. The van der Waals surface area contributed by atoms with E-state index in [1.54, 1.807) is 20.8 Å². The summed E-state index contributed by atoms with van der Waals surface area (Å²) in [7, 11) is 0. The first-order valence-corrected chi connectivity index (χ1v) is 7.30. The SMILES string of the molecule is CC(C)(C)OC(=O)N1CCC(O)CC1(C(N)=O)C(C)(C)C. The lowest BCUT2D eigenvalue weighted by molar-refractivity contribution is -0.147. The van der Waals surface area contributed by atoms with Gasteiger partial charge >= 0.3 is 6.09 Å². The summed E-state index contributed by atoms with van der Waals surface area (Å²) >= 11 is 0. The molecule has 1 aliphatic rings. The number of ether oxygens (including phenoxy) is 1. The number of likely N-dealkylation sites (tertiary alicyclic amines) is 1. The summed E-state index contributed by atoms with van der Waals surface area (Å²) in [6.45, 7) is 11.1. The molecule has 21 heavy (non-hydrogen) atoms. The number of primary amides is 1. The predicted molar refractivity (Wildman–Crippen MR) is 79.6 cm³/mol. The second-order valence-electron chi connectivity index (χ2n) is 7.75. The minimum Gasteiger partial charge on any atom is -0.444 e. The van der Waals surface area contributed by atoms with E-state index in [0.717, 1.165) is 0 Å². The van der Waals surface area contributed by atoms with Gasteiger partial charge in [0.15, 0.2) is 0 Å². The fourth-order valence-electron chi connectivity index (χ4n) is 2.90. The maximum atomic E-state index is 12.5. The summed E-state index contributed by atoms with van der Waals surface area (Å²) in [4.78, 5) is 26.1. The van der Waals surface area contributed by atoms with Crippen molar-refractivity contribution >= 4 is 12.0 Å². The molecule has 2 amide bonds. The summed E-state index contributed by atoms with van der Waals surface area (Å²) in [6.07, 6.45) is -0.686. The van der Waals surface area contributed by atoms with Crippen LogP contribution >= 0.6 is 0 Å². The van der Waals surface area contributed by atoms with Crippen LogP contribution < -0.4 is 5.73 Å². The fourth-order valence-corrected chi connectivity index (χ4v) is 2.90. The van der Waals surface area contributed by atoms with E-state index in [-0.39, 0.29) is 13.0 Å². The van der Waals surface area contributed by atoms with Crippen LogP contribution in [0.4, 0.5) is 4.79 Å². The van der Waals surface area contributed by atoms with Crippen LogP contribution in [0.5, 0.6) is 0 Å². The molecule has 1 rings (SSSR count). The lowest BCUT2D eigenvalue weighted by Gasteiger charge is -2.53. The van der Waals surface area contributed by atoms with Gasteiger partial charge in [-0.3, -0.25) is 9.69 Å². The first-order chi connectivity index (χ1) is 9.31. The highest BCUT2D eigenvalue weighted by molar-refractivity contribution is 5.90. The molecule has 1 fully saturated rings. The van der Waals surface area contributed by atoms with Crippen LogP contribution in [0.1, 0.15) is 54.4 Å². The molecule has 3 N–H and O–H groups in total. The van der Waals surface area contributed by atoms with Crippen molar-refractivity contribution in [3.63, 3.8) is 0 Å². The number of aliphatic hydroxyl groups is 1. The standard InChI is InChI=1S/C15H28N2O4/c1-13(2,3)15(11(16)19)9-10(18)7-8-17(15)12(20)21-14(4,5)6/h10,18H,7-9H2,1-6H3,(H2,16,19). The molecule has 0 radical (unpaired) electrons. The minimum atomic E-state index is -1.26. The van der Waals surface area contributed by atoms with E-state index >= 15 is 0 Å². The lowest BCUT2D eigenvalue weighted by atomic mass is 9.66. The van der Waals surface area contributed by atoms with Crippen molar-refractivity contribution in [3.05, 3.63) is 0 Å². The van der Waals surface area contributed by atoms with Crippen LogP contribution in [0.2, 0.25) is 0 Å². The van der Waals surface area contributed by atoms with Gasteiger partial charge in [-0.15, -0.1) is 0 Å². The third kappa shape index (κ3) is 3.48. The third-order valence-corrected chi connectivity index (χ3v) is 3.94. The van der Waals surface area contributed by atoms with Crippen molar-refractivity contribution in [1.82, 2.24) is 4.90 Å². The zero-order valence-electron chi connectivity index (χ0n) is 13.9. The van der Waals surface area contributed by atoms with Crippen molar-refractivity contribution in [2.45, 2.75) is 71.6 Å². The molecule has 0 aromatic carbocycles. The van der Waals surface area contributed by atoms with Gasteiger partial charge in [0.1, 0.15) is 11.1 Å². The van der Waals surface area contributed by atoms with Crippen LogP contribution in [0, 0.1) is 5.41 Å². The Kier molecular flexibility index (Phi) is 4.63. The van der Waals surface area contributed by atoms with Crippen molar-refractivity contribution in [2.75, 3.05) is 6.54 Å². The van der Waals surface area contributed by atoms with Gasteiger partial charge in [0.2, 0.25) is 5.91 Å². The lowest BCUT2D eigenvalue weighted by Crippen LogP contribution is -2.70. The number of hydrogen-bond donors (Lipinski definition) is 2. The highest BCUT2D eigenvalue weighted by Gasteiger charge is 2.57. The quantitative estimate of drug-likeness (QED) is 0.770. The van der Waals surface area contributed by atoms with Gasteiger partial charge in [-0.05, 0) is 32.6 Å². The van der Waals surface area contributed by atoms with Crippen LogP contribution in [0.25, 0.3) is 0 Å². The highest BCUT2D eigenvalue weighted by Crippen LogP contribution is 2.43. The Bertz CT molecular complexity index is 422. The van der Waals surface area contributed by atoms with Crippen LogP contribution in [-0.4, -0.2) is 45.8 Å². The van der Waals surface area contributed by atoms with Crippen molar-refractivity contribution in [2.24, 2.45) is 11.1 Å². The van der Waals surface area contributed by atoms with E-state index in [2.05, 4.69) is 0 Å². The van der Waals surface area contributed by atoms with Crippen molar-refractivity contribution in [3.8, 4) is 0 Å². The van der Waals surface area contributed by atoms with Gasteiger partial charge < -0.3 is 15.6 Å². The number of carbonyl (C=O) groups excluding carboxylic acids is 2. The van der Waals surface area contributed by atoms with Crippen LogP contribution in [0.3, 0.4) is 0 Å². The molecule has 0 saturated carbocycles. The molecule has 0 bridgehead atoms. The highest BCUT2D eigenvalue weighted by atomic mass is 16.6. The number of nitrogens with two attached hydrogens (primary N) is 1. The van der Waals surface area contributed by atoms with E-state index in [1.807, 2.05) is 20.8 Å². The van der Waals surface area contributed by atoms with Gasteiger partial charge in [0.25, 0.3) is 0 Å². The zero-order valence-corrected chi connectivity index (χ0v) is 13.9. The van der Waals surface area contributed by atoms with Gasteiger partial charge in [-0.25, -0.2) is 4.79 Å². The Morgan fingerprint density at radius 1 is 1.24 bits per heavy atom. The summed E-state index contributed by atoms with van der Waals surface area (Å²) in [5, 5.41) is 10.0. The second kappa shape index (κ2) is 5.48. The predicted octanol–water partition coefficient (Wildman–Crippen LogP) is 1.65. The topological polar surface area (TPSA) is 92.9 Å². The molecule has 0 spiro atoms. The Morgan fingerprint density at radius 2 is 1.76 bits per heavy atom. The van der Waals surface area contributed by atoms with Crippen LogP contribution in [0.15, 0.2) is 0 Å². The average Bonchev–Trinajstić information content (AvgIpc) is 2.24. The molecule has 6 heteroatoms. The zero-order chi connectivity index (χ0) is 16.6. The molecular formula is C15H28N2O4. The fraction of sp³-hybridized carbons (Fsp3) is 0.867. The average molecular weight is 300 g/mol. The first-order valence-electron chi connectivity index (χ1n) is 7.30. The van der Waals surface area contributed by atoms with E-state index < -0.39 is 34.7 Å². The van der Waals surface area contributed by atoms with Crippen LogP contribution in [-0.2, 0) is 9.53 Å². The van der Waals surface area contributed by atoms with E-state index in [0.29, 0.717) is 6.42 Å². The molecule has 1 saturated heterocycles. The monoisotopic (exact) mass is 300 g/mol. The Balaban J connectivity index is 3.26. The summed E-state index contributed by atoms with van der Waals surface area (Å²) in [5.74, 6) is -0.611. The van der Waals surface area contributed by atoms with E-state index in [9.17, 15) is 14.7 Å². The normalized spacial score (nSPS) is 27.4. The molecule has 1 aliphatic heterocycles. The van der Waals surface area contributed by atoms with E-state index in [1.165, 1.54) is 4.90 Å². The molecule has 2 unspecified atom stereocenters. The minimum absolute atomic E-state index is 0.130. The number of carbonyl (C=O) groups is 2. The second-order valence-corrected chi connectivity index (χ2v) is 7.75. The molecule has 2 atom stereocenters. The molecule has 0 aromatic rings. The number of amides is 2. The third-order valence-electron chi connectivity index (χ3n) is 3.94. The first kappa shape index (κ1) is 17.8. The molecular weight excluding hydrogens is 272 g/mol. The van der Waals surface area contributed by atoms with Crippen molar-refractivity contribution < 1.29 is 19.4 Å². The summed E-state index contributed by atoms with van der Waals surface area (Å²) < 4.78 is 5.41. The molecule has 122 valence electrons. The Hall–Kier alpha value is -1.30. The maximum absolute atomic E-state index is 12.5. The maximum Gasteiger partial charge on any atom is 0.411 e. The van der Waals surface area contributed by atoms with Gasteiger partial charge in [-0.1, -0.05) is 20.8 Å². The molecule has 0 aromatic heterocycles. The molecule has 6 nitrogen and oxygen atoms in total.